The summed E-state index contributed by atoms with van der Waals surface area (Å²) in [4.78, 5) is 11.1. The summed E-state index contributed by atoms with van der Waals surface area (Å²) < 4.78 is 6.85. The van der Waals surface area contributed by atoms with E-state index < -0.39 is 0 Å². The molecule has 0 aliphatic carbocycles. The van der Waals surface area contributed by atoms with Crippen molar-refractivity contribution in [2.75, 3.05) is 6.61 Å². The number of allylic oxidation sites excluding steroid dienone is 4. The van der Waals surface area contributed by atoms with Gasteiger partial charge < -0.3 is 4.74 Å². The van der Waals surface area contributed by atoms with Crippen LogP contribution in [0.5, 0.6) is 0 Å². The number of esters is 1. The van der Waals surface area contributed by atoms with Gasteiger partial charge in [-0.2, -0.15) is 0 Å². The quantitative estimate of drug-likeness (QED) is 0.285. The fourth-order valence-electron chi connectivity index (χ4n) is 1.52. The van der Waals surface area contributed by atoms with E-state index in [1.807, 2.05) is 17.1 Å². The third kappa shape index (κ3) is 8.50. The molecule has 0 aromatic rings. The first-order valence-corrected chi connectivity index (χ1v) is 7.54. The summed E-state index contributed by atoms with van der Waals surface area (Å²) in [6.45, 7) is 8.74. The Labute approximate surface area is 124 Å². The van der Waals surface area contributed by atoms with Crippen molar-refractivity contribution in [3.63, 3.8) is 0 Å². The van der Waals surface area contributed by atoms with Crippen LogP contribution in [0.3, 0.4) is 0 Å². The lowest BCUT2D eigenvalue weighted by atomic mass is 9.91. The second-order valence-corrected chi connectivity index (χ2v) is 5.15. The van der Waals surface area contributed by atoms with Gasteiger partial charge in [-0.15, -0.1) is 0 Å². The smallest absolute Gasteiger partial charge is 0.330 e. The minimum Gasteiger partial charge on any atom is -0.463 e. The highest BCUT2D eigenvalue weighted by atomic mass is 127. The molecule has 18 heavy (non-hydrogen) atoms. The molecule has 102 valence electrons. The molecule has 0 rings (SSSR count). The van der Waals surface area contributed by atoms with E-state index in [4.69, 9.17) is 4.74 Å². The van der Waals surface area contributed by atoms with Crippen molar-refractivity contribution in [2.24, 2.45) is 11.8 Å². The van der Waals surface area contributed by atoms with E-state index in [1.165, 1.54) is 11.6 Å². The third-order valence-electron chi connectivity index (χ3n) is 2.80. The second-order valence-electron chi connectivity index (χ2n) is 4.43. The van der Waals surface area contributed by atoms with Crippen molar-refractivity contribution in [3.05, 3.63) is 34.0 Å². The van der Waals surface area contributed by atoms with E-state index in [0.29, 0.717) is 18.4 Å². The van der Waals surface area contributed by atoms with Crippen LogP contribution in [0.1, 0.15) is 34.1 Å². The Balaban J connectivity index is 4.20. The summed E-state index contributed by atoms with van der Waals surface area (Å²) in [7, 11) is 0. The zero-order chi connectivity index (χ0) is 14.0. The van der Waals surface area contributed by atoms with Crippen LogP contribution in [-0.2, 0) is 9.53 Å². The minimum atomic E-state index is -0.253. The van der Waals surface area contributed by atoms with Gasteiger partial charge in [0.1, 0.15) is 0 Å². The fraction of sp³-hybridized carbons (Fsp3) is 0.533. The molecule has 0 radical (unpaired) electrons. The summed E-state index contributed by atoms with van der Waals surface area (Å²) in [5.41, 5.74) is 1.28. The summed E-state index contributed by atoms with van der Waals surface area (Å²) in [5.74, 6) is 0.745. The van der Waals surface area contributed by atoms with Gasteiger partial charge in [-0.25, -0.2) is 4.79 Å². The van der Waals surface area contributed by atoms with Gasteiger partial charge in [-0.05, 0) is 36.2 Å². The summed E-state index contributed by atoms with van der Waals surface area (Å²) >= 11 is 2.22. The van der Waals surface area contributed by atoms with Crippen molar-refractivity contribution in [2.45, 2.75) is 34.1 Å². The Hall–Kier alpha value is -0.580. The predicted molar refractivity (Wildman–Crippen MR) is 85.6 cm³/mol. The molecule has 0 saturated heterocycles. The Bertz CT molecular complexity index is 329. The van der Waals surface area contributed by atoms with Gasteiger partial charge in [-0.3, -0.25) is 0 Å². The van der Waals surface area contributed by atoms with Crippen LogP contribution < -0.4 is 0 Å². The van der Waals surface area contributed by atoms with Gasteiger partial charge in [0.2, 0.25) is 0 Å². The Kier molecular flexibility index (Phi) is 10.0. The van der Waals surface area contributed by atoms with E-state index in [-0.39, 0.29) is 5.97 Å². The van der Waals surface area contributed by atoms with Gasteiger partial charge in [0.05, 0.1) is 6.61 Å². The third-order valence-corrected chi connectivity index (χ3v) is 3.16. The van der Waals surface area contributed by atoms with E-state index in [0.717, 1.165) is 6.42 Å². The van der Waals surface area contributed by atoms with E-state index >= 15 is 0 Å². The molecule has 0 bridgehead atoms. The maximum absolute atomic E-state index is 11.1. The van der Waals surface area contributed by atoms with Crippen LogP contribution in [0.4, 0.5) is 0 Å². The van der Waals surface area contributed by atoms with E-state index in [1.54, 1.807) is 0 Å². The highest BCUT2D eigenvalue weighted by Crippen LogP contribution is 2.19. The average Bonchev–Trinajstić information content (AvgIpc) is 2.29. The number of carbonyl (C=O) groups is 1. The molecule has 2 nitrogen and oxygen atoms in total. The molecule has 0 N–H and O–H groups in total. The predicted octanol–water partition coefficient (Wildman–Crippen LogP) is 4.66. The minimum absolute atomic E-state index is 0.253. The number of halogens is 1. The first-order chi connectivity index (χ1) is 8.51. The number of hydrogen-bond acceptors (Lipinski definition) is 2. The maximum atomic E-state index is 11.1. The van der Waals surface area contributed by atoms with Crippen LogP contribution in [0.25, 0.3) is 0 Å². The fourth-order valence-corrected chi connectivity index (χ4v) is 2.08. The monoisotopic (exact) mass is 362 g/mol. The van der Waals surface area contributed by atoms with Crippen LogP contribution in [0.15, 0.2) is 34.0 Å². The molecule has 0 unspecified atom stereocenters. The lowest BCUT2D eigenvalue weighted by Gasteiger charge is -2.15. The normalized spacial score (nSPS) is 16.2. The molecule has 0 spiro atoms. The van der Waals surface area contributed by atoms with Crippen LogP contribution in [-0.4, -0.2) is 12.6 Å². The standard InChI is InChI=1S/C15H23IO2/c1-5-18-15(17)8-6-7-13(3)14(4)11-12(2)9-10-16/h6,8-11,13-14H,5,7H2,1-4H3/b8-6-,10-9-,12-11+/t13-,14-/m0/s1. The van der Waals surface area contributed by atoms with Gasteiger partial charge >= 0.3 is 5.97 Å². The molecular formula is C15H23IO2. The molecule has 0 aromatic heterocycles. The van der Waals surface area contributed by atoms with Crippen molar-refractivity contribution in [1.82, 2.24) is 0 Å². The van der Waals surface area contributed by atoms with Crippen molar-refractivity contribution in [1.29, 1.82) is 0 Å². The Morgan fingerprint density at radius 2 is 2.00 bits per heavy atom. The van der Waals surface area contributed by atoms with Crippen molar-refractivity contribution >= 4 is 28.6 Å². The molecule has 2 atom stereocenters. The van der Waals surface area contributed by atoms with E-state index in [2.05, 4.69) is 55.5 Å². The highest BCUT2D eigenvalue weighted by Gasteiger charge is 2.08. The molecule has 0 fully saturated rings. The summed E-state index contributed by atoms with van der Waals surface area (Å²) in [6, 6.07) is 0. The van der Waals surface area contributed by atoms with Crippen LogP contribution in [0.2, 0.25) is 0 Å². The van der Waals surface area contributed by atoms with Crippen molar-refractivity contribution in [3.8, 4) is 0 Å². The zero-order valence-electron chi connectivity index (χ0n) is 11.7. The molecule has 0 amide bonds. The number of rotatable bonds is 7. The highest BCUT2D eigenvalue weighted by molar-refractivity contribution is 14.1. The van der Waals surface area contributed by atoms with Crippen molar-refractivity contribution < 1.29 is 9.53 Å². The topological polar surface area (TPSA) is 26.3 Å². The number of hydrogen-bond donors (Lipinski definition) is 0. The SMILES string of the molecule is CCOC(=O)/C=C\C[C@H](C)[C@@H](C)/C=C(C)/C=C\I. The Morgan fingerprint density at radius 3 is 2.56 bits per heavy atom. The molecule has 3 heteroatoms. The Morgan fingerprint density at radius 1 is 1.33 bits per heavy atom. The van der Waals surface area contributed by atoms with E-state index in [9.17, 15) is 4.79 Å². The summed E-state index contributed by atoms with van der Waals surface area (Å²) in [5, 5.41) is 0. The van der Waals surface area contributed by atoms with Gasteiger partial charge in [0, 0.05) is 6.08 Å². The van der Waals surface area contributed by atoms with Crippen LogP contribution >= 0.6 is 22.6 Å². The molecule has 0 aromatic carbocycles. The number of carbonyl (C=O) groups excluding carboxylic acids is 1. The number of ether oxygens (including phenoxy) is 1. The van der Waals surface area contributed by atoms with Gasteiger partial charge in [0.25, 0.3) is 0 Å². The van der Waals surface area contributed by atoms with Crippen LogP contribution in [0, 0.1) is 11.8 Å². The maximum Gasteiger partial charge on any atom is 0.330 e. The average molecular weight is 362 g/mol. The molecule has 0 saturated carbocycles. The first kappa shape index (κ1) is 17.4. The lowest BCUT2D eigenvalue weighted by Crippen LogP contribution is -2.05. The van der Waals surface area contributed by atoms with Gasteiger partial charge in [0.15, 0.2) is 0 Å². The second kappa shape index (κ2) is 10.4. The first-order valence-electron chi connectivity index (χ1n) is 6.29. The molecular weight excluding hydrogens is 339 g/mol. The molecule has 0 aliphatic rings. The lowest BCUT2D eigenvalue weighted by molar-refractivity contribution is -0.137. The summed E-state index contributed by atoms with van der Waals surface area (Å²) in [6.07, 6.45) is 8.67. The molecule has 0 aliphatic heterocycles. The van der Waals surface area contributed by atoms with Gasteiger partial charge in [-0.1, -0.05) is 60.2 Å². The largest absolute Gasteiger partial charge is 0.463 e. The zero-order valence-corrected chi connectivity index (χ0v) is 13.8. The molecule has 0 heterocycles.